The molecule has 2 rings (SSSR count). The molecule has 0 aliphatic carbocycles. The third kappa shape index (κ3) is 3.60. The third-order valence-electron chi connectivity index (χ3n) is 1.99. The maximum Gasteiger partial charge on any atom is 0.187 e. The van der Waals surface area contributed by atoms with Gasteiger partial charge in [0.05, 0.1) is 5.69 Å². The van der Waals surface area contributed by atoms with Gasteiger partial charge in [0.25, 0.3) is 0 Å². The molecule has 0 fully saturated rings. The van der Waals surface area contributed by atoms with Crippen LogP contribution >= 0.6 is 34.5 Å². The van der Waals surface area contributed by atoms with E-state index in [1.54, 1.807) is 23.6 Å². The summed E-state index contributed by atoms with van der Waals surface area (Å²) in [4.78, 5) is 14.5. The van der Waals surface area contributed by atoms with Crippen molar-refractivity contribution in [3.05, 3.63) is 39.3 Å². The number of anilines is 2. The fraction of sp³-hybridized carbons (Fsp3) is 0.0909. The number of thiazole rings is 1. The molecule has 0 saturated heterocycles. The molecule has 7 heteroatoms. The van der Waals surface area contributed by atoms with Crippen molar-refractivity contribution >= 4 is 51.3 Å². The molecule has 0 aliphatic rings. The summed E-state index contributed by atoms with van der Waals surface area (Å²) in [6.07, 6.45) is -0.200. The fourth-order valence-electron chi connectivity index (χ4n) is 1.34. The van der Waals surface area contributed by atoms with E-state index in [2.05, 4.69) is 10.3 Å². The highest BCUT2D eigenvalue weighted by molar-refractivity contribution is 7.13. The van der Waals surface area contributed by atoms with Gasteiger partial charge in [0.15, 0.2) is 5.13 Å². The van der Waals surface area contributed by atoms with Crippen molar-refractivity contribution in [1.82, 2.24) is 4.98 Å². The summed E-state index contributed by atoms with van der Waals surface area (Å²) in [6.45, 7) is 0. The number of carbonyl (C=O) groups is 1. The Labute approximate surface area is 117 Å². The van der Waals surface area contributed by atoms with Crippen molar-refractivity contribution in [2.75, 3.05) is 5.32 Å². The molecule has 1 N–H and O–H groups in total. The van der Waals surface area contributed by atoms with Crippen LogP contribution in [0.1, 0.15) is 5.69 Å². The van der Waals surface area contributed by atoms with E-state index in [0.717, 1.165) is 0 Å². The third-order valence-corrected chi connectivity index (χ3v) is 3.23. The highest BCUT2D eigenvalue weighted by atomic mass is 35.5. The van der Waals surface area contributed by atoms with Crippen molar-refractivity contribution in [2.24, 2.45) is 0 Å². The highest BCUT2D eigenvalue weighted by Crippen LogP contribution is 2.26. The number of nitrogens with zero attached hydrogens (tertiary/aromatic N) is 1. The molecular formula is C11H7Cl2N2O2S-. The van der Waals surface area contributed by atoms with Crippen molar-refractivity contribution in [3.8, 4) is 0 Å². The van der Waals surface area contributed by atoms with Crippen molar-refractivity contribution in [1.29, 1.82) is 0 Å². The lowest BCUT2D eigenvalue weighted by molar-refractivity contribution is -0.304. The second-order valence-electron chi connectivity index (χ2n) is 3.48. The molecule has 18 heavy (non-hydrogen) atoms. The Morgan fingerprint density at radius 3 is 2.61 bits per heavy atom. The number of aromatic nitrogens is 1. The second-order valence-corrected chi connectivity index (χ2v) is 5.21. The molecule has 0 unspecified atom stereocenters. The number of hydrogen-bond donors (Lipinski definition) is 1. The minimum atomic E-state index is -1.15. The first-order valence-electron chi connectivity index (χ1n) is 4.90. The van der Waals surface area contributed by atoms with Crippen LogP contribution in [0.5, 0.6) is 0 Å². The number of hydrogen-bond acceptors (Lipinski definition) is 5. The van der Waals surface area contributed by atoms with E-state index in [9.17, 15) is 9.90 Å². The average molecular weight is 302 g/mol. The van der Waals surface area contributed by atoms with E-state index >= 15 is 0 Å². The molecule has 4 nitrogen and oxygen atoms in total. The summed E-state index contributed by atoms with van der Waals surface area (Å²) in [5.41, 5.74) is 1.15. The average Bonchev–Trinajstić information content (AvgIpc) is 2.62. The summed E-state index contributed by atoms with van der Waals surface area (Å²) in [7, 11) is 0. The number of benzene rings is 1. The lowest BCUT2D eigenvalue weighted by atomic mass is 10.3. The Hall–Kier alpha value is -1.30. The SMILES string of the molecule is O=C([O-])Cc1csc(Nc2cc(Cl)cc(Cl)c2)n1. The minimum absolute atomic E-state index is 0.200. The van der Waals surface area contributed by atoms with Gasteiger partial charge < -0.3 is 15.2 Å². The summed E-state index contributed by atoms with van der Waals surface area (Å²) in [6, 6.07) is 5.03. The van der Waals surface area contributed by atoms with Gasteiger partial charge in [-0.25, -0.2) is 4.98 Å². The Bertz CT molecular complexity index is 566. The van der Waals surface area contributed by atoms with Crippen LogP contribution in [-0.2, 0) is 11.2 Å². The Balaban J connectivity index is 2.13. The number of rotatable bonds is 4. The van der Waals surface area contributed by atoms with Crippen LogP contribution in [0.3, 0.4) is 0 Å². The molecule has 0 bridgehead atoms. The first-order valence-corrected chi connectivity index (χ1v) is 6.54. The van der Waals surface area contributed by atoms with Crippen molar-refractivity contribution in [2.45, 2.75) is 6.42 Å². The van der Waals surface area contributed by atoms with Crippen molar-refractivity contribution in [3.63, 3.8) is 0 Å². The largest absolute Gasteiger partial charge is 0.550 e. The van der Waals surface area contributed by atoms with E-state index in [1.165, 1.54) is 11.3 Å². The van der Waals surface area contributed by atoms with Crippen LogP contribution in [0.2, 0.25) is 10.0 Å². The zero-order chi connectivity index (χ0) is 13.1. The highest BCUT2D eigenvalue weighted by Gasteiger charge is 2.04. The zero-order valence-electron chi connectivity index (χ0n) is 8.94. The fourth-order valence-corrected chi connectivity index (χ4v) is 2.60. The van der Waals surface area contributed by atoms with E-state index in [-0.39, 0.29) is 6.42 Å². The lowest BCUT2D eigenvalue weighted by Crippen LogP contribution is -2.24. The molecule has 1 aromatic carbocycles. The van der Waals surface area contributed by atoms with Crippen LogP contribution in [-0.4, -0.2) is 11.0 Å². The summed E-state index contributed by atoms with van der Waals surface area (Å²) >= 11 is 13.0. The molecule has 0 atom stereocenters. The molecular weight excluding hydrogens is 295 g/mol. The first-order chi connectivity index (χ1) is 8.52. The number of nitrogens with one attached hydrogen (secondary N) is 1. The predicted molar refractivity (Wildman–Crippen MR) is 70.6 cm³/mol. The number of carboxylic acids is 1. The first kappa shape index (κ1) is 13.1. The molecule has 0 amide bonds. The van der Waals surface area contributed by atoms with Gasteiger partial charge in [0, 0.05) is 33.5 Å². The number of carboxylic acid groups (broad SMARTS) is 1. The number of aliphatic carboxylic acids is 1. The van der Waals surface area contributed by atoms with Gasteiger partial charge in [-0.2, -0.15) is 0 Å². The molecule has 2 aromatic rings. The number of halogens is 2. The van der Waals surface area contributed by atoms with E-state index in [1.807, 2.05) is 0 Å². The van der Waals surface area contributed by atoms with E-state index in [4.69, 9.17) is 23.2 Å². The van der Waals surface area contributed by atoms with Gasteiger partial charge in [0.1, 0.15) is 0 Å². The molecule has 1 heterocycles. The Kier molecular flexibility index (Phi) is 4.06. The molecule has 94 valence electrons. The molecule has 0 aliphatic heterocycles. The molecule has 0 radical (unpaired) electrons. The maximum absolute atomic E-state index is 10.4. The minimum Gasteiger partial charge on any atom is -0.550 e. The van der Waals surface area contributed by atoms with Crippen molar-refractivity contribution < 1.29 is 9.90 Å². The zero-order valence-corrected chi connectivity index (χ0v) is 11.3. The lowest BCUT2D eigenvalue weighted by Gasteiger charge is -2.03. The topological polar surface area (TPSA) is 65.0 Å². The molecule has 0 saturated carbocycles. The van der Waals surface area contributed by atoms with Gasteiger partial charge in [0.2, 0.25) is 0 Å². The standard InChI is InChI=1S/C11H8Cl2N2O2S/c12-6-1-7(13)3-8(2-6)14-11-15-9(5-18-11)4-10(16)17/h1-3,5H,4H2,(H,14,15)(H,16,17)/p-1. The smallest absolute Gasteiger partial charge is 0.187 e. The van der Waals surface area contributed by atoms with E-state index in [0.29, 0.717) is 26.6 Å². The van der Waals surface area contributed by atoms with Crippen LogP contribution in [0.15, 0.2) is 23.6 Å². The summed E-state index contributed by atoms with van der Waals surface area (Å²) < 4.78 is 0. The maximum atomic E-state index is 10.4. The molecule has 0 spiro atoms. The Morgan fingerprint density at radius 2 is 2.00 bits per heavy atom. The quantitative estimate of drug-likeness (QED) is 0.942. The van der Waals surface area contributed by atoms with Gasteiger partial charge in [-0.05, 0) is 18.2 Å². The van der Waals surface area contributed by atoms with Crippen LogP contribution in [0, 0.1) is 0 Å². The monoisotopic (exact) mass is 301 g/mol. The van der Waals surface area contributed by atoms with Gasteiger partial charge >= 0.3 is 0 Å². The predicted octanol–water partition coefficient (Wildman–Crippen LogP) is 2.49. The van der Waals surface area contributed by atoms with Crippen LogP contribution in [0.4, 0.5) is 10.8 Å². The summed E-state index contributed by atoms with van der Waals surface area (Å²) in [5, 5.41) is 16.7. The van der Waals surface area contributed by atoms with Gasteiger partial charge in [-0.15, -0.1) is 11.3 Å². The number of carbonyl (C=O) groups excluding carboxylic acids is 1. The van der Waals surface area contributed by atoms with Crippen LogP contribution in [0.25, 0.3) is 0 Å². The van der Waals surface area contributed by atoms with Gasteiger partial charge in [-0.1, -0.05) is 23.2 Å². The second kappa shape index (κ2) is 5.56. The molecule has 1 aromatic heterocycles. The van der Waals surface area contributed by atoms with Gasteiger partial charge in [-0.3, -0.25) is 0 Å². The van der Waals surface area contributed by atoms with E-state index < -0.39 is 5.97 Å². The summed E-state index contributed by atoms with van der Waals surface area (Å²) in [5.74, 6) is -1.15. The Morgan fingerprint density at radius 1 is 1.33 bits per heavy atom. The van der Waals surface area contributed by atoms with Crippen LogP contribution < -0.4 is 10.4 Å². The normalized spacial score (nSPS) is 10.3.